The molecule has 1 aromatic heterocycles. The minimum absolute atomic E-state index is 0.198. The fraction of sp³-hybridized carbons (Fsp3) is 0.348. The molecule has 8 heteroatoms. The van der Waals surface area contributed by atoms with Gasteiger partial charge in [0.15, 0.2) is 12.4 Å². The standard InChI is InChI=1S/C23H28BrNO5Si/c1-5-28-21-14-18(29-15-27-10-11-31(2,3)4)13-17(22(21)24)8-6-16-7-9-19-20(12-16)30-23(26)25-19/h6-9,12-14H,5,10-11,15H2,1-4H3,(H,25,26). The normalized spacial score (nSPS) is 12.0. The van der Waals surface area contributed by atoms with Crippen molar-refractivity contribution in [2.24, 2.45) is 0 Å². The van der Waals surface area contributed by atoms with E-state index in [0.717, 1.165) is 21.6 Å². The molecule has 31 heavy (non-hydrogen) atoms. The molecule has 6 nitrogen and oxygen atoms in total. The quantitative estimate of drug-likeness (QED) is 0.155. The minimum Gasteiger partial charge on any atom is -0.493 e. The number of hydrogen-bond acceptors (Lipinski definition) is 5. The smallest absolute Gasteiger partial charge is 0.417 e. The summed E-state index contributed by atoms with van der Waals surface area (Å²) in [4.78, 5) is 14.0. The zero-order chi connectivity index (χ0) is 22.4. The second kappa shape index (κ2) is 10.3. The Morgan fingerprint density at radius 2 is 1.94 bits per heavy atom. The van der Waals surface area contributed by atoms with E-state index in [1.165, 1.54) is 0 Å². The van der Waals surface area contributed by atoms with Gasteiger partial charge in [0.2, 0.25) is 0 Å². The van der Waals surface area contributed by atoms with Gasteiger partial charge in [-0.3, -0.25) is 4.98 Å². The molecule has 2 aromatic carbocycles. The van der Waals surface area contributed by atoms with Crippen LogP contribution >= 0.6 is 15.9 Å². The lowest BCUT2D eigenvalue weighted by Gasteiger charge is -2.16. The third-order valence-electron chi connectivity index (χ3n) is 4.55. The molecule has 0 saturated carbocycles. The van der Waals surface area contributed by atoms with Crippen molar-refractivity contribution in [3.05, 3.63) is 56.5 Å². The van der Waals surface area contributed by atoms with Crippen molar-refractivity contribution in [3.63, 3.8) is 0 Å². The highest BCUT2D eigenvalue weighted by atomic mass is 79.9. The molecular formula is C23H28BrNO5Si. The topological polar surface area (TPSA) is 73.7 Å². The molecular weight excluding hydrogens is 478 g/mol. The lowest BCUT2D eigenvalue weighted by Crippen LogP contribution is -2.22. The lowest BCUT2D eigenvalue weighted by atomic mass is 10.1. The zero-order valence-electron chi connectivity index (χ0n) is 18.3. The number of aromatic nitrogens is 1. The molecule has 0 bridgehead atoms. The Morgan fingerprint density at radius 1 is 1.13 bits per heavy atom. The fourth-order valence-corrected chi connectivity index (χ4v) is 4.09. The number of halogens is 1. The number of oxazole rings is 1. The summed E-state index contributed by atoms with van der Waals surface area (Å²) >= 11 is 3.62. The molecule has 0 unspecified atom stereocenters. The summed E-state index contributed by atoms with van der Waals surface area (Å²) in [5.41, 5.74) is 3.00. The highest BCUT2D eigenvalue weighted by Crippen LogP contribution is 2.35. The largest absolute Gasteiger partial charge is 0.493 e. The van der Waals surface area contributed by atoms with E-state index in [9.17, 15) is 4.79 Å². The van der Waals surface area contributed by atoms with Crippen molar-refractivity contribution >= 4 is 47.3 Å². The fourth-order valence-electron chi connectivity index (χ4n) is 2.86. The van der Waals surface area contributed by atoms with Crippen LogP contribution in [0.2, 0.25) is 25.7 Å². The van der Waals surface area contributed by atoms with E-state index < -0.39 is 13.8 Å². The average molecular weight is 506 g/mol. The summed E-state index contributed by atoms with van der Waals surface area (Å²) in [6, 6.07) is 10.4. The van der Waals surface area contributed by atoms with Crippen LogP contribution in [0.25, 0.3) is 23.3 Å². The van der Waals surface area contributed by atoms with Gasteiger partial charge < -0.3 is 18.6 Å². The predicted octanol–water partition coefficient (Wildman–Crippen LogP) is 6.14. The SMILES string of the molecule is CCOc1cc(OCOCC[Si](C)(C)C)cc(C=Cc2ccc3[nH]c(=O)oc3c2)c1Br. The molecule has 3 rings (SSSR count). The second-order valence-electron chi connectivity index (χ2n) is 8.34. The maximum Gasteiger partial charge on any atom is 0.417 e. The average Bonchev–Trinajstić information content (AvgIpc) is 3.07. The number of H-pyrrole nitrogens is 1. The number of hydrogen-bond donors (Lipinski definition) is 1. The van der Waals surface area contributed by atoms with Gasteiger partial charge >= 0.3 is 5.76 Å². The van der Waals surface area contributed by atoms with Crippen molar-refractivity contribution in [2.75, 3.05) is 20.0 Å². The van der Waals surface area contributed by atoms with E-state index in [4.69, 9.17) is 18.6 Å². The molecule has 0 spiro atoms. The van der Waals surface area contributed by atoms with Crippen molar-refractivity contribution in [1.29, 1.82) is 0 Å². The number of aromatic amines is 1. The minimum atomic E-state index is -1.12. The van der Waals surface area contributed by atoms with Crippen molar-refractivity contribution in [3.8, 4) is 11.5 Å². The Labute approximate surface area is 191 Å². The number of nitrogens with one attached hydrogen (secondary N) is 1. The van der Waals surface area contributed by atoms with Crippen LogP contribution in [-0.2, 0) is 4.74 Å². The van der Waals surface area contributed by atoms with Gasteiger partial charge in [-0.2, -0.15) is 0 Å². The van der Waals surface area contributed by atoms with Gasteiger partial charge in [0.1, 0.15) is 11.5 Å². The van der Waals surface area contributed by atoms with Crippen LogP contribution in [0.4, 0.5) is 0 Å². The van der Waals surface area contributed by atoms with E-state index in [2.05, 4.69) is 40.6 Å². The van der Waals surface area contributed by atoms with E-state index in [-0.39, 0.29) is 6.79 Å². The maximum atomic E-state index is 11.4. The van der Waals surface area contributed by atoms with Crippen LogP contribution in [-0.4, -0.2) is 33.1 Å². The molecule has 0 amide bonds. The highest BCUT2D eigenvalue weighted by molar-refractivity contribution is 9.10. The molecule has 0 atom stereocenters. The molecule has 0 aliphatic heterocycles. The zero-order valence-corrected chi connectivity index (χ0v) is 20.9. The maximum absolute atomic E-state index is 11.4. The summed E-state index contributed by atoms with van der Waals surface area (Å²) in [5, 5.41) is 0. The van der Waals surface area contributed by atoms with Gasteiger partial charge in [-0.05, 0) is 58.2 Å². The van der Waals surface area contributed by atoms with E-state index in [0.29, 0.717) is 35.8 Å². The third kappa shape index (κ3) is 6.85. The molecule has 0 fully saturated rings. The Morgan fingerprint density at radius 3 is 2.68 bits per heavy atom. The highest BCUT2D eigenvalue weighted by Gasteiger charge is 2.13. The van der Waals surface area contributed by atoms with E-state index >= 15 is 0 Å². The first-order valence-electron chi connectivity index (χ1n) is 10.2. The summed E-state index contributed by atoms with van der Waals surface area (Å²) in [5.74, 6) is 0.914. The van der Waals surface area contributed by atoms with Crippen LogP contribution in [0, 0.1) is 0 Å². The molecule has 166 valence electrons. The molecule has 3 aromatic rings. The van der Waals surface area contributed by atoms with Gasteiger partial charge in [-0.1, -0.05) is 37.9 Å². The van der Waals surface area contributed by atoms with Crippen LogP contribution in [0.15, 0.2) is 44.0 Å². The summed E-state index contributed by atoms with van der Waals surface area (Å²) in [7, 11) is -1.12. The van der Waals surface area contributed by atoms with Crippen LogP contribution in [0.5, 0.6) is 11.5 Å². The molecule has 0 radical (unpaired) electrons. The first-order valence-corrected chi connectivity index (χ1v) is 14.7. The molecule has 0 aliphatic rings. The van der Waals surface area contributed by atoms with E-state index in [1.807, 2.05) is 49.4 Å². The third-order valence-corrected chi connectivity index (χ3v) is 7.10. The number of fused-ring (bicyclic) bond motifs is 1. The van der Waals surface area contributed by atoms with Gasteiger partial charge in [-0.25, -0.2) is 4.79 Å². The summed E-state index contributed by atoms with van der Waals surface area (Å²) in [6.07, 6.45) is 3.90. The summed E-state index contributed by atoms with van der Waals surface area (Å²) in [6.45, 7) is 10.3. The van der Waals surface area contributed by atoms with Crippen LogP contribution in [0.3, 0.4) is 0 Å². The van der Waals surface area contributed by atoms with Crippen molar-refractivity contribution in [1.82, 2.24) is 4.98 Å². The number of rotatable bonds is 10. The molecule has 1 N–H and O–H groups in total. The van der Waals surface area contributed by atoms with Crippen molar-refractivity contribution in [2.45, 2.75) is 32.6 Å². The van der Waals surface area contributed by atoms with Gasteiger partial charge in [-0.15, -0.1) is 0 Å². The monoisotopic (exact) mass is 505 g/mol. The Hall–Kier alpha value is -2.29. The Balaban J connectivity index is 1.75. The predicted molar refractivity (Wildman–Crippen MR) is 131 cm³/mol. The summed E-state index contributed by atoms with van der Waals surface area (Å²) < 4.78 is 23.2. The number of benzene rings is 2. The van der Waals surface area contributed by atoms with Gasteiger partial charge in [0.05, 0.1) is 16.6 Å². The Bertz CT molecular complexity index is 1110. The lowest BCUT2D eigenvalue weighted by molar-refractivity contribution is 0.0219. The van der Waals surface area contributed by atoms with Crippen LogP contribution < -0.4 is 15.2 Å². The Kier molecular flexibility index (Phi) is 7.80. The van der Waals surface area contributed by atoms with E-state index in [1.54, 1.807) is 0 Å². The molecule has 1 heterocycles. The van der Waals surface area contributed by atoms with Crippen molar-refractivity contribution < 1.29 is 18.6 Å². The van der Waals surface area contributed by atoms with Gasteiger partial charge in [0, 0.05) is 20.7 Å². The second-order valence-corrected chi connectivity index (χ2v) is 14.8. The molecule has 0 aliphatic carbocycles. The van der Waals surface area contributed by atoms with Crippen LogP contribution in [0.1, 0.15) is 18.1 Å². The first-order chi connectivity index (χ1) is 14.7. The number of ether oxygens (including phenoxy) is 3. The van der Waals surface area contributed by atoms with Gasteiger partial charge in [0.25, 0.3) is 0 Å². The molecule has 0 saturated heterocycles. The first kappa shape index (κ1) is 23.4.